The predicted molar refractivity (Wildman–Crippen MR) is 143 cm³/mol. The van der Waals surface area contributed by atoms with Gasteiger partial charge in [-0.15, -0.1) is 0 Å². The van der Waals surface area contributed by atoms with Crippen molar-refractivity contribution < 1.29 is 0 Å². The van der Waals surface area contributed by atoms with Gasteiger partial charge in [-0.1, -0.05) is 36.4 Å². The smallest absolute Gasteiger partial charge is 0.263 e. The number of nitrogens with one attached hydrogen (secondary N) is 1. The summed E-state index contributed by atoms with van der Waals surface area (Å²) < 4.78 is 3.12. The van der Waals surface area contributed by atoms with Gasteiger partial charge in [0.15, 0.2) is 0 Å². The first-order valence-corrected chi connectivity index (χ1v) is 11.6. The molecule has 2 aromatic carbocycles. The molecule has 0 spiro atoms. The van der Waals surface area contributed by atoms with Crippen molar-refractivity contribution >= 4 is 22.5 Å². The van der Waals surface area contributed by atoms with Gasteiger partial charge in [0, 0.05) is 30.7 Å². The summed E-state index contributed by atoms with van der Waals surface area (Å²) >= 11 is 0. The van der Waals surface area contributed by atoms with Crippen LogP contribution in [0.5, 0.6) is 0 Å². The van der Waals surface area contributed by atoms with Crippen molar-refractivity contribution in [1.82, 2.24) is 19.1 Å². The molecule has 0 saturated carbocycles. The molecule has 37 heavy (non-hydrogen) atoms. The van der Waals surface area contributed by atoms with E-state index in [9.17, 15) is 14.9 Å². The molecule has 182 valence electrons. The highest BCUT2D eigenvalue weighted by Gasteiger charge is 2.20. The molecule has 0 aliphatic heterocycles. The number of nitriles is 1. The van der Waals surface area contributed by atoms with E-state index in [0.29, 0.717) is 27.9 Å². The summed E-state index contributed by atoms with van der Waals surface area (Å²) in [5, 5.41) is 13.9. The van der Waals surface area contributed by atoms with Crippen molar-refractivity contribution in [2.75, 3.05) is 11.1 Å². The van der Waals surface area contributed by atoms with Crippen LogP contribution in [0.3, 0.4) is 0 Å². The lowest BCUT2D eigenvalue weighted by Crippen LogP contribution is -2.26. The number of benzene rings is 2. The van der Waals surface area contributed by atoms with E-state index in [1.165, 1.54) is 16.8 Å². The Hall–Kier alpha value is -5.23. The number of nitrogens with zero attached hydrogens (tertiary/aromatic N) is 5. The summed E-state index contributed by atoms with van der Waals surface area (Å²) in [4.78, 5) is 34.6. The van der Waals surface area contributed by atoms with Gasteiger partial charge in [0.2, 0.25) is 5.95 Å². The highest BCUT2D eigenvalue weighted by molar-refractivity contribution is 5.96. The Balaban J connectivity index is 1.76. The Morgan fingerprint density at radius 3 is 2.57 bits per heavy atom. The third-order valence-corrected chi connectivity index (χ3v) is 6.23. The zero-order chi connectivity index (χ0) is 26.1. The van der Waals surface area contributed by atoms with E-state index < -0.39 is 6.04 Å². The first-order valence-electron chi connectivity index (χ1n) is 11.6. The Bertz CT molecular complexity index is 1800. The van der Waals surface area contributed by atoms with Gasteiger partial charge in [0.25, 0.3) is 11.1 Å². The van der Waals surface area contributed by atoms with E-state index in [4.69, 9.17) is 5.73 Å². The number of aromatic nitrogens is 4. The lowest BCUT2D eigenvalue weighted by Gasteiger charge is -2.22. The number of hydrogen-bond acceptors (Lipinski definition) is 7. The van der Waals surface area contributed by atoms with Crippen LogP contribution in [0.4, 0.5) is 11.8 Å². The molecular formula is C28H23N7O2. The largest absolute Gasteiger partial charge is 0.368 e. The highest BCUT2D eigenvalue weighted by atomic mass is 16.1. The van der Waals surface area contributed by atoms with Crippen LogP contribution >= 0.6 is 0 Å². The van der Waals surface area contributed by atoms with E-state index >= 15 is 0 Å². The molecule has 0 fully saturated rings. The molecule has 3 N–H and O–H groups in total. The maximum atomic E-state index is 14.2. The Kier molecular flexibility index (Phi) is 5.99. The van der Waals surface area contributed by atoms with Gasteiger partial charge in [0.1, 0.15) is 17.5 Å². The van der Waals surface area contributed by atoms with Gasteiger partial charge < -0.3 is 15.6 Å². The van der Waals surface area contributed by atoms with Crippen molar-refractivity contribution in [3.05, 3.63) is 111 Å². The molecule has 3 heterocycles. The zero-order valence-electron chi connectivity index (χ0n) is 20.2. The number of aryl methyl sites for hydroxylation is 1. The van der Waals surface area contributed by atoms with Crippen LogP contribution in [0.25, 0.3) is 27.6 Å². The van der Waals surface area contributed by atoms with Gasteiger partial charge in [-0.25, -0.2) is 4.98 Å². The molecule has 5 aromatic rings. The van der Waals surface area contributed by atoms with Crippen LogP contribution in [0.15, 0.2) is 88.7 Å². The lowest BCUT2D eigenvalue weighted by atomic mass is 9.98. The molecule has 3 aromatic heterocycles. The van der Waals surface area contributed by atoms with Gasteiger partial charge in [-0.05, 0) is 47.7 Å². The molecule has 0 amide bonds. The van der Waals surface area contributed by atoms with Crippen LogP contribution in [0, 0.1) is 11.3 Å². The minimum Gasteiger partial charge on any atom is -0.368 e. The number of hydrogen-bond donors (Lipinski definition) is 2. The molecule has 0 aliphatic rings. The van der Waals surface area contributed by atoms with Gasteiger partial charge in [-0.3, -0.25) is 14.2 Å². The van der Waals surface area contributed by atoms with Crippen molar-refractivity contribution in [3.63, 3.8) is 0 Å². The van der Waals surface area contributed by atoms with Gasteiger partial charge in [0.05, 0.1) is 17.6 Å². The Labute approximate surface area is 212 Å². The molecule has 0 radical (unpaired) electrons. The highest BCUT2D eigenvalue weighted by Crippen LogP contribution is 2.30. The quantitative estimate of drug-likeness (QED) is 0.384. The van der Waals surface area contributed by atoms with Crippen molar-refractivity contribution in [2.24, 2.45) is 7.05 Å². The summed E-state index contributed by atoms with van der Waals surface area (Å²) in [6.45, 7) is 1.88. The van der Waals surface area contributed by atoms with Crippen molar-refractivity contribution in [3.8, 4) is 22.9 Å². The second kappa shape index (κ2) is 9.43. The number of nitrogen functional groups attached to an aromatic ring is 1. The summed E-state index contributed by atoms with van der Waals surface area (Å²) in [5.74, 6) is 0.315. The summed E-state index contributed by atoms with van der Waals surface area (Å²) in [6, 6.07) is 21.8. The summed E-state index contributed by atoms with van der Waals surface area (Å²) in [7, 11) is 1.68. The maximum Gasteiger partial charge on any atom is 0.263 e. The van der Waals surface area contributed by atoms with Crippen LogP contribution in [-0.2, 0) is 7.05 Å². The van der Waals surface area contributed by atoms with E-state index in [-0.39, 0.29) is 28.4 Å². The first kappa shape index (κ1) is 23.5. The number of nitrogens with two attached hydrogens (primary N) is 1. The Morgan fingerprint density at radius 2 is 1.84 bits per heavy atom. The molecule has 9 nitrogen and oxygen atoms in total. The third-order valence-electron chi connectivity index (χ3n) is 6.23. The van der Waals surface area contributed by atoms with Crippen LogP contribution in [0.2, 0.25) is 0 Å². The first-order chi connectivity index (χ1) is 17.9. The minimum atomic E-state index is -0.439. The molecule has 0 unspecified atom stereocenters. The summed E-state index contributed by atoms with van der Waals surface area (Å²) in [6.07, 6.45) is 3.05. The minimum absolute atomic E-state index is 0.0336. The van der Waals surface area contributed by atoms with E-state index in [1.807, 2.05) is 67.6 Å². The average molecular weight is 490 g/mol. The van der Waals surface area contributed by atoms with Crippen molar-refractivity contribution in [1.29, 1.82) is 5.26 Å². The Morgan fingerprint density at radius 1 is 1.05 bits per heavy atom. The topological polar surface area (TPSA) is 132 Å². The number of rotatable bonds is 5. The predicted octanol–water partition coefficient (Wildman–Crippen LogP) is 3.77. The fourth-order valence-corrected chi connectivity index (χ4v) is 4.37. The molecule has 0 saturated heterocycles. The second-order valence-electron chi connectivity index (χ2n) is 8.65. The van der Waals surface area contributed by atoms with Gasteiger partial charge >= 0.3 is 0 Å². The lowest BCUT2D eigenvalue weighted by molar-refractivity contribution is 0.772. The number of pyridine rings is 2. The van der Waals surface area contributed by atoms with E-state index in [2.05, 4.69) is 21.4 Å². The number of anilines is 2. The molecular weight excluding hydrogens is 466 g/mol. The SMILES string of the molecule is C[C@H](Nc1nc(N)ncc1C#N)c1cc2cccc(-c3ccn(C)c(=O)c3)c2c(=O)n1-c1ccccc1. The normalized spacial score (nSPS) is 11.7. The van der Waals surface area contributed by atoms with Crippen LogP contribution in [-0.4, -0.2) is 19.1 Å². The zero-order valence-corrected chi connectivity index (χ0v) is 20.2. The molecule has 0 bridgehead atoms. The fourth-order valence-electron chi connectivity index (χ4n) is 4.37. The van der Waals surface area contributed by atoms with E-state index in [1.54, 1.807) is 17.8 Å². The second-order valence-corrected chi connectivity index (χ2v) is 8.65. The number of fused-ring (bicyclic) bond motifs is 1. The number of para-hydroxylation sites is 1. The monoisotopic (exact) mass is 489 g/mol. The maximum absolute atomic E-state index is 14.2. The molecule has 9 heteroatoms. The molecule has 1 atom stereocenters. The van der Waals surface area contributed by atoms with E-state index in [0.717, 1.165) is 5.39 Å². The molecule has 5 rings (SSSR count). The van der Waals surface area contributed by atoms with Crippen LogP contribution < -0.4 is 22.2 Å². The van der Waals surface area contributed by atoms with Crippen molar-refractivity contribution in [2.45, 2.75) is 13.0 Å². The third kappa shape index (κ3) is 4.32. The van der Waals surface area contributed by atoms with Gasteiger partial charge in [-0.2, -0.15) is 10.2 Å². The fraction of sp³-hybridized carbons (Fsp3) is 0.107. The standard InChI is InChI=1S/C28H23N7O2/c1-17(32-26-20(15-29)16-31-28(30)33-26)23-13-19-7-6-10-22(18-11-12-34(2)24(36)14-18)25(19)27(37)35(23)21-8-4-3-5-9-21/h3-14,16-17H,1-2H3,(H3,30,31,32,33)/t17-/m0/s1. The van der Waals surface area contributed by atoms with Crippen LogP contribution in [0.1, 0.15) is 24.2 Å². The summed E-state index contributed by atoms with van der Waals surface area (Å²) in [5.41, 5.74) is 8.28. The molecule has 0 aliphatic carbocycles. The average Bonchev–Trinajstić information content (AvgIpc) is 2.90.